The van der Waals surface area contributed by atoms with Crippen molar-refractivity contribution in [2.45, 2.75) is 11.3 Å². The van der Waals surface area contributed by atoms with E-state index in [0.29, 0.717) is 17.9 Å². The molecular weight excluding hydrogens is 399 g/mol. The summed E-state index contributed by atoms with van der Waals surface area (Å²) in [5, 5.41) is 24.3. The lowest BCUT2D eigenvalue weighted by Crippen LogP contribution is -2.33. The molecule has 0 aliphatic rings. The molecule has 9 heteroatoms. The topological polar surface area (TPSA) is 81.9 Å². The van der Waals surface area contributed by atoms with Crippen molar-refractivity contribution in [3.05, 3.63) is 58.9 Å². The van der Waals surface area contributed by atoms with Gasteiger partial charge < -0.3 is 15.6 Å². The van der Waals surface area contributed by atoms with Crippen LogP contribution < -0.4 is 5.32 Å². The second-order valence-electron chi connectivity index (χ2n) is 5.12. The first-order chi connectivity index (χ1) is 12.5. The van der Waals surface area contributed by atoms with E-state index in [2.05, 4.69) is 10.5 Å². The zero-order valence-electron chi connectivity index (χ0n) is 13.5. The van der Waals surface area contributed by atoms with Gasteiger partial charge in [-0.3, -0.25) is 4.79 Å². The van der Waals surface area contributed by atoms with Crippen molar-refractivity contribution in [3.63, 3.8) is 0 Å². The Bertz CT molecular complexity index is 788. The molecule has 0 spiro atoms. The molecule has 0 bridgehead atoms. The fourth-order valence-corrected chi connectivity index (χ4v) is 4.02. The monoisotopic (exact) mass is 414 g/mol. The normalized spacial score (nSPS) is 11.4. The third kappa shape index (κ3) is 6.44. The second kappa shape index (κ2) is 10.3. The van der Waals surface area contributed by atoms with Crippen molar-refractivity contribution in [3.8, 4) is 5.75 Å². The summed E-state index contributed by atoms with van der Waals surface area (Å²) in [6.07, 6.45) is 0.0831. The highest BCUT2D eigenvalue weighted by atomic mass is 35.5. The van der Waals surface area contributed by atoms with E-state index < -0.39 is 5.91 Å². The van der Waals surface area contributed by atoms with Gasteiger partial charge in [-0.05, 0) is 42.0 Å². The van der Waals surface area contributed by atoms with E-state index in [4.69, 9.17) is 16.8 Å². The van der Waals surface area contributed by atoms with Gasteiger partial charge in [-0.25, -0.2) is 4.39 Å². The Hall–Kier alpha value is -1.90. The van der Waals surface area contributed by atoms with Crippen LogP contribution in [0.5, 0.6) is 5.75 Å². The molecule has 0 aliphatic carbocycles. The summed E-state index contributed by atoms with van der Waals surface area (Å²) in [5.41, 5.74) is 0.583. The summed E-state index contributed by atoms with van der Waals surface area (Å²) in [6, 6.07) is 10.7. The summed E-state index contributed by atoms with van der Waals surface area (Å²) in [4.78, 5) is 13.0. The number of rotatable bonds is 8. The highest BCUT2D eigenvalue weighted by Gasteiger charge is 2.13. The number of hydrogen-bond acceptors (Lipinski definition) is 6. The molecule has 1 amide bonds. The smallest absolute Gasteiger partial charge is 0.269 e. The van der Waals surface area contributed by atoms with Crippen LogP contribution in [0, 0.1) is 5.82 Å². The van der Waals surface area contributed by atoms with Gasteiger partial charge in [-0.2, -0.15) is 0 Å². The number of carbonyl (C=O) groups excluding carboxylic acids is 1. The lowest BCUT2D eigenvalue weighted by Gasteiger charge is -2.07. The quantitative estimate of drug-likeness (QED) is 0.199. The maximum absolute atomic E-state index is 12.8. The highest BCUT2D eigenvalue weighted by molar-refractivity contribution is 8.76. The van der Waals surface area contributed by atoms with Crippen molar-refractivity contribution < 1.29 is 19.5 Å². The fraction of sp³-hybridized carbons (Fsp3) is 0.176. The predicted octanol–water partition coefficient (Wildman–Crippen LogP) is 4.11. The maximum Gasteiger partial charge on any atom is 0.269 e. The zero-order valence-corrected chi connectivity index (χ0v) is 15.9. The van der Waals surface area contributed by atoms with Gasteiger partial charge in [0.2, 0.25) is 0 Å². The first kappa shape index (κ1) is 20.4. The lowest BCUT2D eigenvalue weighted by molar-refractivity contribution is -0.114. The van der Waals surface area contributed by atoms with Crippen LogP contribution in [-0.2, 0) is 11.2 Å². The van der Waals surface area contributed by atoms with Crippen LogP contribution in [0.2, 0.25) is 5.02 Å². The molecule has 0 saturated carbocycles. The maximum atomic E-state index is 12.8. The third-order valence-corrected chi connectivity index (χ3v) is 5.89. The number of oxime groups is 1. The first-order valence-corrected chi connectivity index (χ1v) is 10.2. The summed E-state index contributed by atoms with van der Waals surface area (Å²) in [5.74, 6) is -0.197. The van der Waals surface area contributed by atoms with Crippen LogP contribution >= 0.6 is 33.2 Å². The molecule has 26 heavy (non-hydrogen) atoms. The van der Waals surface area contributed by atoms with Gasteiger partial charge in [0.05, 0.1) is 5.02 Å². The molecule has 138 valence electrons. The average Bonchev–Trinajstić information content (AvgIpc) is 2.63. The number of halogens is 2. The van der Waals surface area contributed by atoms with Crippen molar-refractivity contribution in [2.75, 3.05) is 12.3 Å². The summed E-state index contributed by atoms with van der Waals surface area (Å²) in [6.45, 7) is 0.382. The van der Waals surface area contributed by atoms with Crippen LogP contribution in [0.15, 0.2) is 52.5 Å². The minimum absolute atomic E-state index is 0.0528. The Morgan fingerprint density at radius 3 is 2.62 bits per heavy atom. The van der Waals surface area contributed by atoms with E-state index in [1.165, 1.54) is 45.9 Å². The number of carbonyl (C=O) groups is 1. The van der Waals surface area contributed by atoms with Crippen LogP contribution in [0.4, 0.5) is 4.39 Å². The number of nitrogens with one attached hydrogen (secondary N) is 1. The van der Waals surface area contributed by atoms with Crippen molar-refractivity contribution in [1.82, 2.24) is 5.32 Å². The minimum Gasteiger partial charge on any atom is -0.506 e. The summed E-state index contributed by atoms with van der Waals surface area (Å²) < 4.78 is 12.8. The number of benzene rings is 2. The van der Waals surface area contributed by atoms with E-state index in [0.717, 1.165) is 4.90 Å². The average molecular weight is 415 g/mol. The predicted molar refractivity (Wildman–Crippen MR) is 104 cm³/mol. The van der Waals surface area contributed by atoms with Crippen molar-refractivity contribution in [1.29, 1.82) is 0 Å². The van der Waals surface area contributed by atoms with Gasteiger partial charge in [-0.15, -0.1) is 0 Å². The number of aromatic hydroxyl groups is 1. The molecule has 2 rings (SSSR count). The molecule has 2 aromatic rings. The lowest BCUT2D eigenvalue weighted by atomic mass is 10.1. The van der Waals surface area contributed by atoms with Gasteiger partial charge >= 0.3 is 0 Å². The van der Waals surface area contributed by atoms with Gasteiger partial charge in [-0.1, -0.05) is 44.4 Å². The second-order valence-corrected chi connectivity index (χ2v) is 8.02. The van der Waals surface area contributed by atoms with Crippen LogP contribution in [0.1, 0.15) is 5.56 Å². The van der Waals surface area contributed by atoms with Gasteiger partial charge in [0.1, 0.15) is 17.3 Å². The largest absolute Gasteiger partial charge is 0.506 e. The number of hydrogen-bond donors (Lipinski definition) is 3. The molecule has 0 radical (unpaired) electrons. The third-order valence-electron chi connectivity index (χ3n) is 3.21. The van der Waals surface area contributed by atoms with E-state index in [-0.39, 0.29) is 28.7 Å². The number of phenols is 1. The Morgan fingerprint density at radius 2 is 1.96 bits per heavy atom. The number of amides is 1. The molecule has 5 nitrogen and oxygen atoms in total. The molecule has 0 saturated heterocycles. The van der Waals surface area contributed by atoms with E-state index in [1.807, 2.05) is 0 Å². The molecule has 0 fully saturated rings. The molecule has 0 aromatic heterocycles. The van der Waals surface area contributed by atoms with Crippen LogP contribution in [0.3, 0.4) is 0 Å². The Balaban J connectivity index is 1.74. The zero-order chi connectivity index (χ0) is 18.9. The molecule has 0 aliphatic heterocycles. The fourth-order valence-electron chi connectivity index (χ4n) is 1.92. The first-order valence-electron chi connectivity index (χ1n) is 7.51. The molecule has 0 heterocycles. The highest BCUT2D eigenvalue weighted by Crippen LogP contribution is 2.30. The molecule has 0 unspecified atom stereocenters. The van der Waals surface area contributed by atoms with E-state index in [1.54, 1.807) is 18.2 Å². The Labute approximate surface area is 163 Å². The SMILES string of the molecule is O=C(NCCSSc1ccc(F)cc1)/C(Cc1ccc(O)c(Cl)c1)=N/O. The van der Waals surface area contributed by atoms with Gasteiger partial charge in [0.15, 0.2) is 0 Å². The number of phenolic OH excluding ortho intramolecular Hbond substituents is 1. The van der Waals surface area contributed by atoms with E-state index in [9.17, 15) is 14.3 Å². The van der Waals surface area contributed by atoms with Crippen molar-refractivity contribution in [2.24, 2.45) is 5.16 Å². The van der Waals surface area contributed by atoms with Crippen molar-refractivity contribution >= 4 is 44.8 Å². The van der Waals surface area contributed by atoms with Gasteiger partial charge in [0, 0.05) is 23.6 Å². The van der Waals surface area contributed by atoms with Crippen LogP contribution in [0.25, 0.3) is 0 Å². The Kier molecular flexibility index (Phi) is 8.08. The summed E-state index contributed by atoms with van der Waals surface area (Å²) in [7, 11) is 2.99. The molecule has 2 aromatic carbocycles. The number of nitrogens with zero attached hydrogens (tertiary/aromatic N) is 1. The Morgan fingerprint density at radius 1 is 1.23 bits per heavy atom. The molecule has 3 N–H and O–H groups in total. The molecular formula is C17H16ClFN2O3S2. The van der Waals surface area contributed by atoms with Gasteiger partial charge in [0.25, 0.3) is 5.91 Å². The minimum atomic E-state index is -0.482. The molecule has 0 atom stereocenters. The van der Waals surface area contributed by atoms with E-state index >= 15 is 0 Å². The standard InChI is InChI=1S/C17H16ClFN2O3S2/c18-14-9-11(1-6-16(14)22)10-15(21-24)17(23)20-7-8-25-26-13-4-2-12(19)3-5-13/h1-6,9,22,24H,7-8,10H2,(H,20,23)/b21-15+. The summed E-state index contributed by atoms with van der Waals surface area (Å²) >= 11 is 5.82. The van der Waals surface area contributed by atoms with Crippen LogP contribution in [-0.4, -0.2) is 34.2 Å².